The molecule has 6 N–H and O–H groups in total. The molecule has 4 heterocycles. The molecule has 6 aliphatic rings. The number of nitrogens with one attached hydrogen (secondary N) is 2. The number of ether oxygens (including phenoxy) is 3. The summed E-state index contributed by atoms with van der Waals surface area (Å²) >= 11 is 0. The molecule has 2 aliphatic heterocycles. The summed E-state index contributed by atoms with van der Waals surface area (Å²) in [4.78, 5) is 47.5. The summed E-state index contributed by atoms with van der Waals surface area (Å²) in [7, 11) is 1.48. The number of fused-ring (bicyclic) bond motifs is 5. The van der Waals surface area contributed by atoms with Crippen LogP contribution >= 0.6 is 0 Å². The molecule has 0 saturated heterocycles. The molecule has 2 aromatic heterocycles. The summed E-state index contributed by atoms with van der Waals surface area (Å²) < 4.78 is 20.5. The van der Waals surface area contributed by atoms with Gasteiger partial charge in [0.05, 0.1) is 24.9 Å². The maximum Gasteiger partial charge on any atom is 0.302 e. The number of benzene rings is 4. The van der Waals surface area contributed by atoms with E-state index in [1.165, 1.54) is 26.2 Å². The van der Waals surface area contributed by atoms with Gasteiger partial charge in [0.15, 0.2) is 11.5 Å². The number of hydrogen-bond acceptors (Lipinski definition) is 12. The number of ketones is 2. The second-order valence-electron chi connectivity index (χ2n) is 23.6. The minimum atomic E-state index is -0.768. The second kappa shape index (κ2) is 22.3. The van der Waals surface area contributed by atoms with Crippen LogP contribution in [0.3, 0.4) is 0 Å². The van der Waals surface area contributed by atoms with Gasteiger partial charge in [0.25, 0.3) is 0 Å². The van der Waals surface area contributed by atoms with Crippen LogP contribution in [0, 0.1) is 16.7 Å². The molecule has 0 amide bonds. The van der Waals surface area contributed by atoms with Crippen molar-refractivity contribution in [1.82, 2.24) is 14.9 Å². The molecular weight excluding hydrogens is 1030 g/mol. The summed E-state index contributed by atoms with van der Waals surface area (Å²) in [6, 6.07) is 20.5. The third-order valence-electron chi connectivity index (χ3n) is 18.6. The quantitative estimate of drug-likeness (QED) is 0.0593. The minimum Gasteiger partial charge on any atom is -0.508 e. The van der Waals surface area contributed by atoms with Crippen LogP contribution in [-0.2, 0) is 32.0 Å². The number of nitrogens with zero attached hydrogens (tertiary/aromatic N) is 2. The highest BCUT2D eigenvalue weighted by atomic mass is 16.5. The van der Waals surface area contributed by atoms with E-state index in [2.05, 4.69) is 99.1 Å². The molecule has 82 heavy (non-hydrogen) atoms. The van der Waals surface area contributed by atoms with Gasteiger partial charge in [-0.2, -0.15) is 0 Å². The van der Waals surface area contributed by atoms with Crippen LogP contribution in [0.5, 0.6) is 34.5 Å². The molecule has 0 radical (unpaired) electrons. The number of carbonyl (C=O) groups is 3. The fourth-order valence-corrected chi connectivity index (χ4v) is 14.7. The van der Waals surface area contributed by atoms with Gasteiger partial charge in [-0.05, 0) is 140 Å². The number of phenolic OH excluding ortho intramolecular Hbond substituents is 3. The molecule has 424 valence electrons. The Kier molecular flexibility index (Phi) is 14.8. The van der Waals surface area contributed by atoms with E-state index in [-0.39, 0.29) is 83.1 Å². The van der Waals surface area contributed by atoms with E-state index in [0.717, 1.165) is 87.9 Å². The number of aromatic nitrogens is 2. The number of anilines is 1. The first kappa shape index (κ1) is 54.4. The predicted molar refractivity (Wildman–Crippen MR) is 314 cm³/mol. The molecule has 4 aliphatic carbocycles. The molecule has 12 rings (SSSR count). The SMILES string of the molecule is COc1cc([C@@H]2CC(=O)C[C@H](OC(C)=O)CC[C@]34C=CC=C[C@@H]3CC=C[C@@H]4c3c[nH]cc3C[C@H](c3cccc(O)c3)C3=CCNC(=C3)N(CCC(C)=O)c3ccc4c5c(n2cc35)CC2(CCCC2)[C@@H]4O)cc(O)c1Oc1cccc(O)c1. The van der Waals surface area contributed by atoms with Gasteiger partial charge in [-0.1, -0.05) is 79.6 Å². The van der Waals surface area contributed by atoms with Crippen molar-refractivity contribution in [3.8, 4) is 34.5 Å². The van der Waals surface area contributed by atoms with Gasteiger partial charge < -0.3 is 54.4 Å². The third kappa shape index (κ3) is 10.2. The Morgan fingerprint density at radius 2 is 1.68 bits per heavy atom. The summed E-state index contributed by atoms with van der Waals surface area (Å²) in [6.07, 6.45) is 29.2. The summed E-state index contributed by atoms with van der Waals surface area (Å²) in [5.41, 5.74) is 6.44. The number of aromatic amines is 1. The van der Waals surface area contributed by atoms with Gasteiger partial charge in [-0.3, -0.25) is 14.4 Å². The Hall–Kier alpha value is -8.23. The number of phenols is 3. The van der Waals surface area contributed by atoms with Crippen LogP contribution in [-0.4, -0.2) is 73.8 Å². The van der Waals surface area contributed by atoms with Crippen LogP contribution < -0.4 is 19.7 Å². The number of methoxy groups -OCH3 is 1. The van der Waals surface area contributed by atoms with Crippen molar-refractivity contribution >= 4 is 34.0 Å². The van der Waals surface area contributed by atoms with Gasteiger partial charge >= 0.3 is 5.97 Å². The Morgan fingerprint density at radius 1 is 0.866 bits per heavy atom. The van der Waals surface area contributed by atoms with Crippen LogP contribution in [0.4, 0.5) is 5.69 Å². The van der Waals surface area contributed by atoms with Crippen molar-refractivity contribution in [3.05, 3.63) is 185 Å². The molecular formula is C68H72N4O10. The molecule has 0 unspecified atom stereocenters. The molecule has 6 aromatic rings. The number of rotatable bonds is 9. The summed E-state index contributed by atoms with van der Waals surface area (Å²) in [6.45, 7) is 3.80. The zero-order valence-corrected chi connectivity index (χ0v) is 46.8. The normalized spacial score (nSPS) is 24.8. The maximum atomic E-state index is 15.4. The second-order valence-corrected chi connectivity index (χ2v) is 23.6. The fourth-order valence-electron chi connectivity index (χ4n) is 14.7. The van der Waals surface area contributed by atoms with Crippen molar-refractivity contribution in [2.24, 2.45) is 16.7 Å². The Balaban J connectivity index is 1.08. The van der Waals surface area contributed by atoms with E-state index in [0.29, 0.717) is 44.3 Å². The van der Waals surface area contributed by atoms with Crippen LogP contribution in [0.25, 0.3) is 10.8 Å². The highest BCUT2D eigenvalue weighted by Crippen LogP contribution is 2.58. The van der Waals surface area contributed by atoms with E-state index in [1.807, 2.05) is 18.2 Å². The van der Waals surface area contributed by atoms with Gasteiger partial charge in [0, 0.05) is 103 Å². The largest absolute Gasteiger partial charge is 0.508 e. The van der Waals surface area contributed by atoms with E-state index >= 15 is 4.79 Å². The highest BCUT2D eigenvalue weighted by Gasteiger charge is 2.48. The fraction of sp³-hybridized carbons (Fsp3) is 0.368. The maximum absolute atomic E-state index is 15.4. The number of H-pyrrole nitrogens is 1. The average Bonchev–Trinajstić information content (AvgIpc) is 2.11. The Bertz CT molecular complexity index is 3630. The predicted octanol–water partition coefficient (Wildman–Crippen LogP) is 12.7. The van der Waals surface area contributed by atoms with Crippen LogP contribution in [0.15, 0.2) is 151 Å². The number of dihydropyridines is 1. The number of allylic oxidation sites excluding steroid dienone is 8. The molecule has 14 heteroatoms. The van der Waals surface area contributed by atoms with Crippen molar-refractivity contribution in [1.29, 1.82) is 0 Å². The molecule has 1 fully saturated rings. The van der Waals surface area contributed by atoms with E-state index in [4.69, 9.17) is 14.2 Å². The van der Waals surface area contributed by atoms with Crippen molar-refractivity contribution in [2.75, 3.05) is 25.1 Å². The number of aromatic hydroxyl groups is 3. The van der Waals surface area contributed by atoms with E-state index in [1.54, 1.807) is 37.3 Å². The number of Topliss-reactive ketones (excluding diaryl/α,β-unsaturated/α-hetero) is 2. The summed E-state index contributed by atoms with van der Waals surface area (Å²) in [5, 5.41) is 51.6. The number of aliphatic hydroxyl groups excluding tert-OH is 1. The summed E-state index contributed by atoms with van der Waals surface area (Å²) in [5.74, 6) is 0.394. The molecule has 1 saturated carbocycles. The number of esters is 1. The Morgan fingerprint density at radius 3 is 2.46 bits per heavy atom. The first-order chi connectivity index (χ1) is 39.7. The lowest BCUT2D eigenvalue weighted by Gasteiger charge is -2.47. The third-order valence-corrected chi connectivity index (χ3v) is 18.6. The zero-order valence-electron chi connectivity index (χ0n) is 46.8. The van der Waals surface area contributed by atoms with Gasteiger partial charge in [-0.15, -0.1) is 0 Å². The molecule has 14 nitrogen and oxygen atoms in total. The van der Waals surface area contributed by atoms with Gasteiger partial charge in [0.2, 0.25) is 5.75 Å². The van der Waals surface area contributed by atoms with Crippen LogP contribution in [0.2, 0.25) is 0 Å². The van der Waals surface area contributed by atoms with E-state index in [9.17, 15) is 30.0 Å². The molecule has 4 bridgehead atoms. The van der Waals surface area contributed by atoms with Gasteiger partial charge in [-0.25, -0.2) is 0 Å². The van der Waals surface area contributed by atoms with Crippen molar-refractivity contribution in [3.63, 3.8) is 0 Å². The average molecular weight is 1110 g/mol. The monoisotopic (exact) mass is 1100 g/mol. The first-order valence-corrected chi connectivity index (χ1v) is 29.0. The van der Waals surface area contributed by atoms with E-state index < -0.39 is 35.0 Å². The number of aliphatic hydroxyl groups is 1. The molecule has 2 spiro atoms. The highest BCUT2D eigenvalue weighted by molar-refractivity contribution is 6.00. The van der Waals surface area contributed by atoms with Crippen LogP contribution in [0.1, 0.15) is 136 Å². The number of carbonyl (C=O) groups excluding carboxylic acids is 3. The Labute approximate surface area is 478 Å². The van der Waals surface area contributed by atoms with Gasteiger partial charge in [0.1, 0.15) is 40.7 Å². The lowest BCUT2D eigenvalue weighted by molar-refractivity contribution is -0.148. The topological polar surface area (TPSA) is 196 Å². The lowest BCUT2D eigenvalue weighted by Crippen LogP contribution is -2.38. The standard InChI is InChI=1S/C68H72N4O10/c1-41(73)22-28-71-58-19-18-53-64-56(58)40-72(60(64)37-67(66(53)79)23-6-7-24-67)59(45-31-61(78)65(62(32-45)80-3)82-51-16-10-15-49(76)34-51)36-50(77)35-52(81-42(2)74)20-26-68-25-5-4-12-47(68)13-9-17-57(68)55-39-69-38-46(55)30-54(43-11-8-14-48(75)29-43)44-21-27-70-63(71)33-44/h4-5,8-12,14-19,21,25,29,31-34,38-40,47,52,54,57,59,66,69-70,75-76,78-79H,6-7,13,20,22-24,26-28,30,35-37H2,1-3H3/t47-,52-,54-,57-,59+,66-,68-/m1/s1. The minimum absolute atomic E-state index is 0.0176. The lowest BCUT2D eigenvalue weighted by atomic mass is 9.57. The molecule has 7 atom stereocenters. The molecule has 4 aromatic carbocycles. The number of hydrogen-bond donors (Lipinski definition) is 6. The smallest absolute Gasteiger partial charge is 0.302 e. The van der Waals surface area contributed by atoms with Crippen molar-refractivity contribution in [2.45, 2.75) is 121 Å². The zero-order chi connectivity index (χ0) is 56.9. The van der Waals surface area contributed by atoms with Crippen molar-refractivity contribution < 1.29 is 49.0 Å². The first-order valence-electron chi connectivity index (χ1n) is 29.0.